The number of halogens is 2. The molecular formula is C23H25Cl2N3O2. The fourth-order valence-electron chi connectivity index (χ4n) is 3.14. The molecular weight excluding hydrogens is 421 g/mol. The first-order valence-corrected chi connectivity index (χ1v) is 10.6. The largest absolute Gasteiger partial charge is 0.489 e. The molecule has 158 valence electrons. The summed E-state index contributed by atoms with van der Waals surface area (Å²) in [6.45, 7) is 7.38. The minimum Gasteiger partial charge on any atom is -0.489 e. The van der Waals surface area contributed by atoms with E-state index < -0.39 is 0 Å². The number of ether oxygens (including phenoxy) is 1. The number of nitrogens with zero attached hydrogens (tertiary/aromatic N) is 2. The Morgan fingerprint density at radius 1 is 1.13 bits per heavy atom. The van der Waals surface area contributed by atoms with Crippen LogP contribution in [0.15, 0.2) is 42.5 Å². The highest BCUT2D eigenvalue weighted by Gasteiger charge is 2.11. The molecule has 0 saturated carbocycles. The van der Waals surface area contributed by atoms with Gasteiger partial charge in [0.05, 0.1) is 5.69 Å². The molecule has 0 unspecified atom stereocenters. The van der Waals surface area contributed by atoms with Crippen molar-refractivity contribution in [3.63, 3.8) is 0 Å². The number of carbonyl (C=O) groups is 1. The molecule has 2 aromatic carbocycles. The first-order valence-electron chi connectivity index (χ1n) is 9.80. The number of rotatable bonds is 8. The van der Waals surface area contributed by atoms with Gasteiger partial charge in [-0.25, -0.2) is 0 Å². The van der Waals surface area contributed by atoms with Crippen molar-refractivity contribution in [1.29, 1.82) is 0 Å². The van der Waals surface area contributed by atoms with E-state index in [0.29, 0.717) is 47.6 Å². The van der Waals surface area contributed by atoms with Crippen LogP contribution in [0.1, 0.15) is 39.2 Å². The first kappa shape index (κ1) is 22.2. The maximum atomic E-state index is 12.5. The first-order chi connectivity index (χ1) is 14.3. The number of amides is 1. The molecule has 0 aliphatic carbocycles. The summed E-state index contributed by atoms with van der Waals surface area (Å²) in [5.41, 5.74) is 4.54. The number of aryl methyl sites for hydroxylation is 4. The van der Waals surface area contributed by atoms with Crippen molar-refractivity contribution in [3.8, 4) is 5.75 Å². The normalized spacial score (nSPS) is 10.8. The Kier molecular flexibility index (Phi) is 7.40. The lowest BCUT2D eigenvalue weighted by molar-refractivity contribution is 0.0952. The molecule has 3 aromatic rings. The van der Waals surface area contributed by atoms with Gasteiger partial charge < -0.3 is 10.1 Å². The van der Waals surface area contributed by atoms with Gasteiger partial charge in [-0.15, -0.1) is 0 Å². The highest BCUT2D eigenvalue weighted by molar-refractivity contribution is 6.41. The van der Waals surface area contributed by atoms with Gasteiger partial charge in [0.1, 0.15) is 22.5 Å². The lowest BCUT2D eigenvalue weighted by Gasteiger charge is -2.11. The summed E-state index contributed by atoms with van der Waals surface area (Å²) in [7, 11) is 0. The zero-order valence-corrected chi connectivity index (χ0v) is 18.8. The van der Waals surface area contributed by atoms with E-state index in [2.05, 4.69) is 23.4 Å². The van der Waals surface area contributed by atoms with Crippen molar-refractivity contribution < 1.29 is 9.53 Å². The molecule has 0 aliphatic rings. The number of hydrogen-bond acceptors (Lipinski definition) is 3. The SMILES string of the molecule is Cc1ccc(OCc2cccc(C(=O)NCCCn3nc(C)c(Cl)c3Cl)c2)c(C)c1. The van der Waals surface area contributed by atoms with Gasteiger partial charge >= 0.3 is 0 Å². The van der Waals surface area contributed by atoms with E-state index in [1.165, 1.54) is 5.56 Å². The van der Waals surface area contributed by atoms with Gasteiger partial charge in [0.15, 0.2) is 0 Å². The van der Waals surface area contributed by atoms with Crippen LogP contribution in [0.4, 0.5) is 0 Å². The third-order valence-corrected chi connectivity index (χ3v) is 5.68. The third kappa shape index (κ3) is 5.55. The molecule has 5 nitrogen and oxygen atoms in total. The van der Waals surface area contributed by atoms with E-state index in [4.69, 9.17) is 27.9 Å². The molecule has 0 aliphatic heterocycles. The van der Waals surface area contributed by atoms with Crippen LogP contribution in [0, 0.1) is 20.8 Å². The van der Waals surface area contributed by atoms with Crippen LogP contribution < -0.4 is 10.1 Å². The van der Waals surface area contributed by atoms with E-state index >= 15 is 0 Å². The third-order valence-electron chi connectivity index (χ3n) is 4.74. The molecule has 30 heavy (non-hydrogen) atoms. The number of nitrogens with one attached hydrogen (secondary N) is 1. The average Bonchev–Trinajstić information content (AvgIpc) is 2.97. The molecule has 7 heteroatoms. The van der Waals surface area contributed by atoms with Crippen molar-refractivity contribution >= 4 is 29.1 Å². The highest BCUT2D eigenvalue weighted by atomic mass is 35.5. The fourth-order valence-corrected chi connectivity index (χ4v) is 3.53. The van der Waals surface area contributed by atoms with E-state index in [1.807, 2.05) is 44.2 Å². The number of hydrogen-bond donors (Lipinski definition) is 1. The summed E-state index contributed by atoms with van der Waals surface area (Å²) in [6.07, 6.45) is 0.693. The average molecular weight is 446 g/mol. The second-order valence-electron chi connectivity index (χ2n) is 7.28. The Labute approximate surface area is 187 Å². The molecule has 0 saturated heterocycles. The summed E-state index contributed by atoms with van der Waals surface area (Å²) in [5, 5.41) is 8.11. The van der Waals surface area contributed by atoms with Crippen LogP contribution in [-0.2, 0) is 13.2 Å². The number of benzene rings is 2. The fraction of sp³-hybridized carbons (Fsp3) is 0.304. The number of carbonyl (C=O) groups excluding carboxylic acids is 1. The molecule has 3 rings (SSSR count). The Morgan fingerprint density at radius 2 is 1.93 bits per heavy atom. The maximum Gasteiger partial charge on any atom is 0.251 e. The highest BCUT2D eigenvalue weighted by Crippen LogP contribution is 2.25. The van der Waals surface area contributed by atoms with Gasteiger partial charge in [0.25, 0.3) is 5.91 Å². The standard InChI is InChI=1S/C23H25Cl2N3O2/c1-15-8-9-20(16(2)12-15)30-14-18-6-4-7-19(13-18)23(29)26-10-5-11-28-22(25)21(24)17(3)27-28/h4,6-9,12-13H,5,10-11,14H2,1-3H3,(H,26,29). The van der Waals surface area contributed by atoms with Crippen LogP contribution in [0.2, 0.25) is 10.2 Å². The summed E-state index contributed by atoms with van der Waals surface area (Å²) in [5.74, 6) is 0.729. The van der Waals surface area contributed by atoms with Gasteiger partial charge in [0, 0.05) is 18.7 Å². The minimum absolute atomic E-state index is 0.121. The second kappa shape index (κ2) is 10.0. The van der Waals surface area contributed by atoms with Crippen LogP contribution in [0.3, 0.4) is 0 Å². The molecule has 1 heterocycles. The van der Waals surface area contributed by atoms with Gasteiger partial charge in [-0.1, -0.05) is 53.0 Å². The molecule has 1 amide bonds. The minimum atomic E-state index is -0.121. The Bertz CT molecular complexity index is 1050. The van der Waals surface area contributed by atoms with Crippen LogP contribution in [-0.4, -0.2) is 22.2 Å². The maximum absolute atomic E-state index is 12.5. The monoisotopic (exact) mass is 445 g/mol. The second-order valence-corrected chi connectivity index (χ2v) is 8.02. The van der Waals surface area contributed by atoms with Crippen molar-refractivity contribution in [3.05, 3.63) is 80.6 Å². The predicted molar refractivity (Wildman–Crippen MR) is 121 cm³/mol. The van der Waals surface area contributed by atoms with Crippen molar-refractivity contribution in [2.24, 2.45) is 0 Å². The van der Waals surface area contributed by atoms with Gasteiger partial charge in [0.2, 0.25) is 0 Å². The molecule has 0 radical (unpaired) electrons. The predicted octanol–water partition coefficient (Wildman–Crippen LogP) is 5.51. The van der Waals surface area contributed by atoms with Crippen molar-refractivity contribution in [2.75, 3.05) is 6.54 Å². The molecule has 1 aromatic heterocycles. The smallest absolute Gasteiger partial charge is 0.251 e. The van der Waals surface area contributed by atoms with E-state index in [-0.39, 0.29) is 5.91 Å². The van der Waals surface area contributed by atoms with Crippen LogP contribution >= 0.6 is 23.2 Å². The lowest BCUT2D eigenvalue weighted by atomic mass is 10.1. The molecule has 0 bridgehead atoms. The molecule has 1 N–H and O–H groups in total. The van der Waals surface area contributed by atoms with Gasteiger partial charge in [-0.05, 0) is 56.5 Å². The van der Waals surface area contributed by atoms with E-state index in [0.717, 1.165) is 16.9 Å². The summed E-state index contributed by atoms with van der Waals surface area (Å²) >= 11 is 12.2. The van der Waals surface area contributed by atoms with Gasteiger partial charge in [-0.2, -0.15) is 5.10 Å². The Hall–Kier alpha value is -2.50. The molecule has 0 spiro atoms. The zero-order valence-electron chi connectivity index (χ0n) is 17.3. The quantitative estimate of drug-likeness (QED) is 0.464. The number of aromatic nitrogens is 2. The van der Waals surface area contributed by atoms with E-state index in [1.54, 1.807) is 10.7 Å². The van der Waals surface area contributed by atoms with Gasteiger partial charge in [-0.3, -0.25) is 9.48 Å². The zero-order chi connectivity index (χ0) is 21.7. The van der Waals surface area contributed by atoms with Crippen molar-refractivity contribution in [2.45, 2.75) is 40.3 Å². The van der Waals surface area contributed by atoms with Crippen LogP contribution in [0.25, 0.3) is 0 Å². The van der Waals surface area contributed by atoms with E-state index in [9.17, 15) is 4.79 Å². The summed E-state index contributed by atoms with van der Waals surface area (Å²) < 4.78 is 7.57. The topological polar surface area (TPSA) is 56.1 Å². The lowest BCUT2D eigenvalue weighted by Crippen LogP contribution is -2.25. The summed E-state index contributed by atoms with van der Waals surface area (Å²) in [6, 6.07) is 13.6. The summed E-state index contributed by atoms with van der Waals surface area (Å²) in [4.78, 5) is 12.5. The molecule has 0 atom stereocenters. The molecule has 0 fully saturated rings. The Balaban J connectivity index is 1.50. The Morgan fingerprint density at radius 3 is 2.63 bits per heavy atom. The van der Waals surface area contributed by atoms with Crippen molar-refractivity contribution in [1.82, 2.24) is 15.1 Å². The van der Waals surface area contributed by atoms with Crippen LogP contribution in [0.5, 0.6) is 5.75 Å².